The molecule has 1 aromatic rings. The van der Waals surface area contributed by atoms with Gasteiger partial charge in [0.2, 0.25) is 0 Å². The highest BCUT2D eigenvalue weighted by molar-refractivity contribution is 7.09. The first-order chi connectivity index (χ1) is 6.83. The van der Waals surface area contributed by atoms with Crippen molar-refractivity contribution < 1.29 is 0 Å². The molecule has 2 atom stereocenters. The van der Waals surface area contributed by atoms with Gasteiger partial charge in [-0.05, 0) is 32.4 Å². The number of nitrogens with one attached hydrogen (secondary N) is 1. The van der Waals surface area contributed by atoms with Gasteiger partial charge in [-0.2, -0.15) is 0 Å². The lowest BCUT2D eigenvalue weighted by molar-refractivity contribution is 0.320. The third-order valence-electron chi connectivity index (χ3n) is 3.25. The summed E-state index contributed by atoms with van der Waals surface area (Å²) in [6, 6.07) is 0. The summed E-state index contributed by atoms with van der Waals surface area (Å²) in [5.74, 6) is 1.57. The van der Waals surface area contributed by atoms with Crippen LogP contribution in [0.1, 0.15) is 36.3 Å². The standard InChI is InChI=1S/C11H18N2S/c1-3-9-6-12-5-4-10(9)11-8(2)13-7-14-11/h7,9-10,12H,3-6H2,1-2H3. The van der Waals surface area contributed by atoms with Gasteiger partial charge in [0.05, 0.1) is 11.2 Å². The van der Waals surface area contributed by atoms with Gasteiger partial charge in [-0.25, -0.2) is 4.98 Å². The van der Waals surface area contributed by atoms with Crippen LogP contribution in [0.2, 0.25) is 0 Å². The van der Waals surface area contributed by atoms with Gasteiger partial charge >= 0.3 is 0 Å². The van der Waals surface area contributed by atoms with Crippen molar-refractivity contribution in [1.82, 2.24) is 10.3 Å². The first-order valence-corrected chi connectivity index (χ1v) is 6.31. The molecule has 1 N–H and O–H groups in total. The lowest BCUT2D eigenvalue weighted by atomic mass is 9.83. The van der Waals surface area contributed by atoms with Gasteiger partial charge in [0, 0.05) is 10.8 Å². The monoisotopic (exact) mass is 210 g/mol. The predicted molar refractivity (Wildman–Crippen MR) is 60.9 cm³/mol. The van der Waals surface area contributed by atoms with E-state index in [1.54, 1.807) is 0 Å². The van der Waals surface area contributed by atoms with E-state index in [0.29, 0.717) is 0 Å². The Morgan fingerprint density at radius 2 is 2.50 bits per heavy atom. The Morgan fingerprint density at radius 1 is 1.64 bits per heavy atom. The fraction of sp³-hybridized carbons (Fsp3) is 0.727. The molecule has 0 radical (unpaired) electrons. The van der Waals surface area contributed by atoms with Gasteiger partial charge in [-0.1, -0.05) is 13.3 Å². The van der Waals surface area contributed by atoms with Crippen LogP contribution in [0, 0.1) is 12.8 Å². The average Bonchev–Trinajstić information content (AvgIpc) is 2.64. The molecular formula is C11H18N2S. The zero-order chi connectivity index (χ0) is 9.97. The fourth-order valence-corrected chi connectivity index (χ4v) is 3.40. The second-order valence-electron chi connectivity index (χ2n) is 4.07. The van der Waals surface area contributed by atoms with Crippen molar-refractivity contribution in [2.24, 2.45) is 5.92 Å². The number of piperidine rings is 1. The van der Waals surface area contributed by atoms with Crippen LogP contribution in [0.15, 0.2) is 5.51 Å². The normalized spacial score (nSPS) is 27.9. The molecule has 0 amide bonds. The molecule has 1 aliphatic rings. The minimum Gasteiger partial charge on any atom is -0.316 e. The SMILES string of the molecule is CCC1CNCCC1c1scnc1C. The Morgan fingerprint density at radius 3 is 3.14 bits per heavy atom. The number of aryl methyl sites for hydroxylation is 1. The summed E-state index contributed by atoms with van der Waals surface area (Å²) in [5, 5.41) is 3.48. The van der Waals surface area contributed by atoms with E-state index < -0.39 is 0 Å². The van der Waals surface area contributed by atoms with Crippen LogP contribution in [-0.2, 0) is 0 Å². The molecule has 0 bridgehead atoms. The summed E-state index contributed by atoms with van der Waals surface area (Å²) >= 11 is 1.84. The molecule has 2 unspecified atom stereocenters. The number of nitrogens with zero attached hydrogens (tertiary/aromatic N) is 1. The van der Waals surface area contributed by atoms with Gasteiger partial charge in [-0.15, -0.1) is 11.3 Å². The third kappa shape index (κ3) is 1.84. The van der Waals surface area contributed by atoms with E-state index in [2.05, 4.69) is 24.1 Å². The maximum absolute atomic E-state index is 4.36. The van der Waals surface area contributed by atoms with Crippen molar-refractivity contribution in [3.8, 4) is 0 Å². The summed E-state index contributed by atoms with van der Waals surface area (Å²) in [7, 11) is 0. The molecule has 1 fully saturated rings. The molecule has 0 aromatic carbocycles. The minimum absolute atomic E-state index is 0.758. The molecule has 2 nitrogen and oxygen atoms in total. The van der Waals surface area contributed by atoms with Crippen LogP contribution in [0.5, 0.6) is 0 Å². The van der Waals surface area contributed by atoms with Crippen LogP contribution in [-0.4, -0.2) is 18.1 Å². The van der Waals surface area contributed by atoms with Crippen LogP contribution in [0.3, 0.4) is 0 Å². The smallest absolute Gasteiger partial charge is 0.0797 e. The molecule has 1 aliphatic heterocycles. The van der Waals surface area contributed by atoms with Crippen LogP contribution in [0.4, 0.5) is 0 Å². The molecule has 0 saturated carbocycles. The highest BCUT2D eigenvalue weighted by Crippen LogP contribution is 2.35. The maximum Gasteiger partial charge on any atom is 0.0797 e. The Bertz CT molecular complexity index is 295. The van der Waals surface area contributed by atoms with Crippen molar-refractivity contribution in [3.63, 3.8) is 0 Å². The molecule has 14 heavy (non-hydrogen) atoms. The van der Waals surface area contributed by atoms with Crippen molar-refractivity contribution >= 4 is 11.3 Å². The molecule has 0 aliphatic carbocycles. The van der Waals surface area contributed by atoms with Crippen molar-refractivity contribution in [1.29, 1.82) is 0 Å². The van der Waals surface area contributed by atoms with E-state index in [4.69, 9.17) is 0 Å². The average molecular weight is 210 g/mol. The zero-order valence-corrected chi connectivity index (χ0v) is 9.73. The zero-order valence-electron chi connectivity index (χ0n) is 8.92. The van der Waals surface area contributed by atoms with E-state index in [1.807, 2.05) is 16.8 Å². The first kappa shape index (κ1) is 10.1. The quantitative estimate of drug-likeness (QED) is 0.811. The highest BCUT2D eigenvalue weighted by atomic mass is 32.1. The largest absolute Gasteiger partial charge is 0.316 e. The Hall–Kier alpha value is -0.410. The number of rotatable bonds is 2. The second kappa shape index (κ2) is 4.41. The van der Waals surface area contributed by atoms with E-state index in [0.717, 1.165) is 11.8 Å². The highest BCUT2D eigenvalue weighted by Gasteiger charge is 2.27. The molecule has 0 spiro atoms. The van der Waals surface area contributed by atoms with Crippen LogP contribution < -0.4 is 5.32 Å². The number of hydrogen-bond donors (Lipinski definition) is 1. The van der Waals surface area contributed by atoms with E-state index >= 15 is 0 Å². The van der Waals surface area contributed by atoms with E-state index in [-0.39, 0.29) is 0 Å². The molecule has 78 valence electrons. The summed E-state index contributed by atoms with van der Waals surface area (Å²) in [6.07, 6.45) is 2.55. The van der Waals surface area contributed by atoms with E-state index in [1.165, 1.54) is 36.5 Å². The number of hydrogen-bond acceptors (Lipinski definition) is 3. The fourth-order valence-electron chi connectivity index (χ4n) is 2.36. The summed E-state index contributed by atoms with van der Waals surface area (Å²) < 4.78 is 0. The predicted octanol–water partition coefficient (Wildman–Crippen LogP) is 2.55. The van der Waals surface area contributed by atoms with Gasteiger partial charge in [0.25, 0.3) is 0 Å². The number of aromatic nitrogens is 1. The topological polar surface area (TPSA) is 24.9 Å². The van der Waals surface area contributed by atoms with E-state index in [9.17, 15) is 0 Å². The molecule has 2 rings (SSSR count). The van der Waals surface area contributed by atoms with Crippen LogP contribution >= 0.6 is 11.3 Å². The van der Waals surface area contributed by atoms with Gasteiger partial charge in [0.15, 0.2) is 0 Å². The van der Waals surface area contributed by atoms with Crippen molar-refractivity contribution in [3.05, 3.63) is 16.1 Å². The second-order valence-corrected chi connectivity index (χ2v) is 4.96. The van der Waals surface area contributed by atoms with Gasteiger partial charge in [0.1, 0.15) is 0 Å². The van der Waals surface area contributed by atoms with Gasteiger partial charge < -0.3 is 5.32 Å². The first-order valence-electron chi connectivity index (χ1n) is 5.43. The van der Waals surface area contributed by atoms with Crippen molar-refractivity contribution in [2.45, 2.75) is 32.6 Å². The Labute approximate surface area is 89.8 Å². The maximum atomic E-state index is 4.36. The Balaban J connectivity index is 2.19. The molecule has 3 heteroatoms. The van der Waals surface area contributed by atoms with Crippen LogP contribution in [0.25, 0.3) is 0 Å². The molecular weight excluding hydrogens is 192 g/mol. The lowest BCUT2D eigenvalue weighted by Crippen LogP contribution is -2.34. The molecule has 1 aromatic heterocycles. The number of thiazole rings is 1. The van der Waals surface area contributed by atoms with Crippen molar-refractivity contribution in [2.75, 3.05) is 13.1 Å². The summed E-state index contributed by atoms with van der Waals surface area (Å²) in [6.45, 7) is 6.78. The molecule has 1 saturated heterocycles. The van der Waals surface area contributed by atoms with Gasteiger partial charge in [-0.3, -0.25) is 0 Å². The summed E-state index contributed by atoms with van der Waals surface area (Å²) in [5.41, 5.74) is 3.24. The third-order valence-corrected chi connectivity index (χ3v) is 4.31. The lowest BCUT2D eigenvalue weighted by Gasteiger charge is -2.31. The minimum atomic E-state index is 0.758. The summed E-state index contributed by atoms with van der Waals surface area (Å²) in [4.78, 5) is 5.88. The Kier molecular flexibility index (Phi) is 3.19. The molecule has 2 heterocycles.